The lowest BCUT2D eigenvalue weighted by molar-refractivity contribution is -0.122. The highest BCUT2D eigenvalue weighted by Gasteiger charge is 2.22. The van der Waals surface area contributed by atoms with Crippen molar-refractivity contribution < 1.29 is 4.79 Å². The minimum absolute atomic E-state index is 0. The summed E-state index contributed by atoms with van der Waals surface area (Å²) in [5.74, 6) is -0.0693. The first-order chi connectivity index (χ1) is 9.87. The Labute approximate surface area is 145 Å². The molecule has 0 unspecified atom stereocenters. The second-order valence-corrected chi connectivity index (χ2v) is 6.36. The third-order valence-corrected chi connectivity index (χ3v) is 3.74. The van der Waals surface area contributed by atoms with Gasteiger partial charge in [-0.05, 0) is 43.7 Å². The van der Waals surface area contributed by atoms with Crippen LogP contribution < -0.4 is 11.1 Å². The Morgan fingerprint density at radius 1 is 1.23 bits per heavy atom. The fourth-order valence-electron chi connectivity index (χ4n) is 2.04. The number of nitrogens with two attached hydrogens (primary N) is 1. The first-order valence-electron chi connectivity index (χ1n) is 6.64. The Morgan fingerprint density at radius 3 is 2.41 bits per heavy atom. The highest BCUT2D eigenvalue weighted by Crippen LogP contribution is 2.22. The van der Waals surface area contributed by atoms with Crippen LogP contribution in [0.25, 0.3) is 0 Å². The lowest BCUT2D eigenvalue weighted by Crippen LogP contribution is -2.41. The van der Waals surface area contributed by atoms with Gasteiger partial charge in [-0.1, -0.05) is 28.1 Å². The van der Waals surface area contributed by atoms with Crippen molar-refractivity contribution in [1.82, 2.24) is 10.3 Å². The van der Waals surface area contributed by atoms with Crippen LogP contribution in [0.15, 0.2) is 47.1 Å². The highest BCUT2D eigenvalue weighted by molar-refractivity contribution is 9.10. The summed E-state index contributed by atoms with van der Waals surface area (Å²) < 4.78 is 1.01. The number of hydrogen-bond donors (Lipinski definition) is 2. The third kappa shape index (κ3) is 5.00. The molecule has 1 heterocycles. The van der Waals surface area contributed by atoms with Gasteiger partial charge in [0.2, 0.25) is 5.91 Å². The molecule has 0 saturated carbocycles. The van der Waals surface area contributed by atoms with Crippen molar-refractivity contribution in [2.45, 2.75) is 25.8 Å². The van der Waals surface area contributed by atoms with Crippen molar-refractivity contribution >= 4 is 39.9 Å². The molecular weight excluding hydrogens is 366 g/mol. The summed E-state index contributed by atoms with van der Waals surface area (Å²) in [6.07, 6.45) is 1.79. The lowest BCUT2D eigenvalue weighted by Gasteiger charge is -2.27. The monoisotopic (exact) mass is 383 g/mol. The quantitative estimate of drug-likeness (QED) is 0.848. The minimum atomic E-state index is -0.439. The molecule has 1 amide bonds. The molecular formula is C16H19BrClN3O. The van der Waals surface area contributed by atoms with Crippen LogP contribution in [0.2, 0.25) is 0 Å². The van der Waals surface area contributed by atoms with E-state index in [1.807, 2.05) is 38.1 Å². The van der Waals surface area contributed by atoms with E-state index < -0.39 is 5.54 Å². The lowest BCUT2D eigenvalue weighted by atomic mass is 9.94. The van der Waals surface area contributed by atoms with Crippen LogP contribution in [0.3, 0.4) is 0 Å². The molecule has 1 aromatic heterocycles. The third-order valence-electron chi connectivity index (χ3n) is 3.21. The number of amides is 1. The van der Waals surface area contributed by atoms with Crippen LogP contribution in [0.1, 0.15) is 25.1 Å². The van der Waals surface area contributed by atoms with E-state index in [2.05, 4.69) is 26.2 Å². The number of nitrogens with one attached hydrogen (secondary N) is 1. The summed E-state index contributed by atoms with van der Waals surface area (Å²) in [5.41, 5.74) is 7.48. The zero-order valence-electron chi connectivity index (χ0n) is 12.5. The normalized spacial score (nSPS) is 10.7. The summed E-state index contributed by atoms with van der Waals surface area (Å²) in [6.45, 7) is 3.95. The zero-order valence-corrected chi connectivity index (χ0v) is 14.9. The average Bonchev–Trinajstić information content (AvgIpc) is 2.41. The largest absolute Gasteiger partial charge is 0.397 e. The van der Waals surface area contributed by atoms with Crippen LogP contribution in [0.4, 0.5) is 5.69 Å². The summed E-state index contributed by atoms with van der Waals surface area (Å²) >= 11 is 3.41. The minimum Gasteiger partial charge on any atom is -0.397 e. The van der Waals surface area contributed by atoms with Gasteiger partial charge in [0.1, 0.15) is 0 Å². The Morgan fingerprint density at radius 2 is 1.86 bits per heavy atom. The maximum absolute atomic E-state index is 12.2. The van der Waals surface area contributed by atoms with Crippen molar-refractivity contribution in [2.75, 3.05) is 5.73 Å². The van der Waals surface area contributed by atoms with Gasteiger partial charge in [0.25, 0.3) is 0 Å². The molecule has 2 rings (SSSR count). The molecule has 0 radical (unpaired) electrons. The Bertz CT molecular complexity index is 627. The molecule has 0 aliphatic heterocycles. The number of halogens is 2. The Balaban J connectivity index is 0.00000242. The van der Waals surface area contributed by atoms with Crippen LogP contribution in [-0.4, -0.2) is 10.9 Å². The molecule has 6 heteroatoms. The SMILES string of the molecule is CC(C)(NC(=O)Cc1ccc(N)cn1)c1ccc(Br)cc1.Cl. The zero-order chi connectivity index (χ0) is 15.5. The summed E-state index contributed by atoms with van der Waals surface area (Å²) in [5, 5.41) is 3.03. The molecule has 3 N–H and O–H groups in total. The smallest absolute Gasteiger partial charge is 0.226 e. The molecule has 0 saturated heterocycles. The van der Waals surface area contributed by atoms with Gasteiger partial charge in [-0.2, -0.15) is 0 Å². The van der Waals surface area contributed by atoms with E-state index in [1.165, 1.54) is 0 Å². The first kappa shape index (κ1) is 18.5. The molecule has 0 bridgehead atoms. The maximum Gasteiger partial charge on any atom is 0.226 e. The molecule has 4 nitrogen and oxygen atoms in total. The number of nitrogens with zero attached hydrogens (tertiary/aromatic N) is 1. The first-order valence-corrected chi connectivity index (χ1v) is 7.43. The molecule has 0 aliphatic rings. The second kappa shape index (κ2) is 7.61. The maximum atomic E-state index is 12.2. The number of benzene rings is 1. The number of anilines is 1. The van der Waals surface area contributed by atoms with Gasteiger partial charge in [0.05, 0.1) is 23.8 Å². The van der Waals surface area contributed by atoms with Crippen LogP contribution in [-0.2, 0) is 16.8 Å². The van der Waals surface area contributed by atoms with Crippen molar-refractivity contribution in [3.63, 3.8) is 0 Å². The van der Waals surface area contributed by atoms with Gasteiger partial charge in [-0.25, -0.2) is 0 Å². The van der Waals surface area contributed by atoms with Crippen molar-refractivity contribution in [2.24, 2.45) is 0 Å². The van der Waals surface area contributed by atoms with Gasteiger partial charge < -0.3 is 11.1 Å². The van der Waals surface area contributed by atoms with E-state index >= 15 is 0 Å². The molecule has 22 heavy (non-hydrogen) atoms. The Kier molecular flexibility index (Phi) is 6.38. The molecule has 0 spiro atoms. The van der Waals surface area contributed by atoms with Crippen molar-refractivity contribution in [3.05, 3.63) is 58.3 Å². The van der Waals surface area contributed by atoms with Crippen molar-refractivity contribution in [1.29, 1.82) is 0 Å². The van der Waals surface area contributed by atoms with E-state index in [1.54, 1.807) is 18.3 Å². The standard InChI is InChI=1S/C16H18BrN3O.ClH/c1-16(2,11-3-5-12(17)6-4-11)20-15(21)9-14-8-7-13(18)10-19-14;/h3-8,10H,9,18H2,1-2H3,(H,20,21);1H. The fraction of sp³-hybridized carbons (Fsp3) is 0.250. The van der Waals surface area contributed by atoms with E-state index in [9.17, 15) is 4.79 Å². The van der Waals surface area contributed by atoms with E-state index in [0.717, 1.165) is 10.0 Å². The fourth-order valence-corrected chi connectivity index (χ4v) is 2.30. The van der Waals surface area contributed by atoms with Crippen LogP contribution >= 0.6 is 28.3 Å². The van der Waals surface area contributed by atoms with Gasteiger partial charge in [0, 0.05) is 10.2 Å². The molecule has 2 aromatic rings. The van der Waals surface area contributed by atoms with Gasteiger partial charge >= 0.3 is 0 Å². The summed E-state index contributed by atoms with van der Waals surface area (Å²) in [4.78, 5) is 16.3. The number of hydrogen-bond acceptors (Lipinski definition) is 3. The number of carbonyl (C=O) groups is 1. The number of aromatic nitrogens is 1. The topological polar surface area (TPSA) is 68.0 Å². The predicted molar refractivity (Wildman–Crippen MR) is 94.9 cm³/mol. The number of carbonyl (C=O) groups excluding carboxylic acids is 1. The van der Waals surface area contributed by atoms with E-state index in [4.69, 9.17) is 5.73 Å². The number of rotatable bonds is 4. The predicted octanol–water partition coefficient (Wildman–Crippen LogP) is 3.44. The average molecular weight is 385 g/mol. The number of nitrogen functional groups attached to an aromatic ring is 1. The summed E-state index contributed by atoms with van der Waals surface area (Å²) in [7, 11) is 0. The highest BCUT2D eigenvalue weighted by atomic mass is 79.9. The van der Waals surface area contributed by atoms with E-state index in [-0.39, 0.29) is 24.7 Å². The van der Waals surface area contributed by atoms with Crippen molar-refractivity contribution in [3.8, 4) is 0 Å². The van der Waals surface area contributed by atoms with Gasteiger partial charge in [0.15, 0.2) is 0 Å². The molecule has 1 aromatic carbocycles. The molecule has 0 aliphatic carbocycles. The van der Waals surface area contributed by atoms with E-state index in [0.29, 0.717) is 11.4 Å². The molecule has 0 fully saturated rings. The molecule has 0 atom stereocenters. The Hall–Kier alpha value is -1.59. The van der Waals surface area contributed by atoms with Gasteiger partial charge in [-0.15, -0.1) is 12.4 Å². The van der Waals surface area contributed by atoms with Crippen LogP contribution in [0, 0.1) is 0 Å². The second-order valence-electron chi connectivity index (χ2n) is 5.44. The van der Waals surface area contributed by atoms with Gasteiger partial charge in [-0.3, -0.25) is 9.78 Å². The summed E-state index contributed by atoms with van der Waals surface area (Å²) in [6, 6.07) is 11.4. The number of pyridine rings is 1. The molecule has 118 valence electrons. The van der Waals surface area contributed by atoms with Crippen LogP contribution in [0.5, 0.6) is 0 Å².